The number of aryl methyl sites for hydroxylation is 1. The van der Waals surface area contributed by atoms with Crippen molar-refractivity contribution in [2.45, 2.75) is 25.8 Å². The molecular weight excluding hydrogens is 291 g/mol. The molecule has 2 rings (SSSR count). The number of hydrogen-bond acceptors (Lipinski definition) is 2. The molecule has 1 N–H and O–H groups in total. The molecule has 0 aliphatic carbocycles. The van der Waals surface area contributed by atoms with Gasteiger partial charge in [-0.2, -0.15) is 0 Å². The van der Waals surface area contributed by atoms with Crippen molar-refractivity contribution >= 4 is 23.2 Å². The monoisotopic (exact) mass is 308 g/mol. The van der Waals surface area contributed by atoms with E-state index in [-0.39, 0.29) is 6.04 Å². The van der Waals surface area contributed by atoms with Gasteiger partial charge in [0.2, 0.25) is 0 Å². The molecule has 0 saturated carbocycles. The second kappa shape index (κ2) is 7.07. The highest BCUT2D eigenvalue weighted by Gasteiger charge is 2.16. The molecule has 2 nitrogen and oxygen atoms in total. The maximum absolute atomic E-state index is 6.25. The fourth-order valence-corrected chi connectivity index (χ4v) is 2.71. The second-order valence-electron chi connectivity index (χ2n) is 4.68. The van der Waals surface area contributed by atoms with Gasteiger partial charge in [-0.25, -0.2) is 0 Å². The second-order valence-corrected chi connectivity index (χ2v) is 5.53. The van der Waals surface area contributed by atoms with Crippen LogP contribution < -0.4 is 5.32 Å². The number of likely N-dealkylation sites (N-methyl/N-ethyl adjacent to an activating group) is 1. The molecule has 0 bridgehead atoms. The standard InChI is InChI=1S/C16H18Cl2N2/c1-3-11-5-4-8-20-16(11)15(19-2)10-12-9-13(17)6-7-14(12)18/h4-9,15,19H,3,10H2,1-2H3. The third-order valence-electron chi connectivity index (χ3n) is 3.42. The number of pyridine rings is 1. The first-order chi connectivity index (χ1) is 9.65. The molecule has 0 saturated heterocycles. The van der Waals surface area contributed by atoms with E-state index < -0.39 is 0 Å². The van der Waals surface area contributed by atoms with Gasteiger partial charge in [-0.05, 0) is 55.3 Å². The third-order valence-corrected chi connectivity index (χ3v) is 4.02. The van der Waals surface area contributed by atoms with Crippen molar-refractivity contribution in [1.82, 2.24) is 10.3 Å². The number of hydrogen-bond donors (Lipinski definition) is 1. The summed E-state index contributed by atoms with van der Waals surface area (Å²) in [5, 5.41) is 4.77. The minimum absolute atomic E-state index is 0.127. The summed E-state index contributed by atoms with van der Waals surface area (Å²) in [7, 11) is 1.94. The van der Waals surface area contributed by atoms with Gasteiger partial charge in [0, 0.05) is 16.2 Å². The molecular formula is C16H18Cl2N2. The summed E-state index contributed by atoms with van der Waals surface area (Å²) < 4.78 is 0. The van der Waals surface area contributed by atoms with Crippen LogP contribution in [0, 0.1) is 0 Å². The van der Waals surface area contributed by atoms with Gasteiger partial charge in [-0.1, -0.05) is 36.2 Å². The van der Waals surface area contributed by atoms with Gasteiger partial charge in [-0.3, -0.25) is 4.98 Å². The molecule has 1 aromatic heterocycles. The molecule has 0 spiro atoms. The average Bonchev–Trinajstić information content (AvgIpc) is 2.48. The fourth-order valence-electron chi connectivity index (χ4n) is 2.32. The van der Waals surface area contributed by atoms with Crippen LogP contribution >= 0.6 is 23.2 Å². The summed E-state index contributed by atoms with van der Waals surface area (Å²) in [5.41, 5.74) is 3.37. The smallest absolute Gasteiger partial charge is 0.0608 e. The predicted molar refractivity (Wildman–Crippen MR) is 85.6 cm³/mol. The lowest BCUT2D eigenvalue weighted by Crippen LogP contribution is -2.21. The number of nitrogens with one attached hydrogen (secondary N) is 1. The van der Waals surface area contributed by atoms with Crippen molar-refractivity contribution in [1.29, 1.82) is 0 Å². The van der Waals surface area contributed by atoms with E-state index in [0.29, 0.717) is 5.02 Å². The SMILES string of the molecule is CCc1cccnc1C(Cc1cc(Cl)ccc1Cl)NC. The highest BCUT2D eigenvalue weighted by atomic mass is 35.5. The van der Waals surface area contributed by atoms with Crippen LogP contribution in [0.5, 0.6) is 0 Å². The van der Waals surface area contributed by atoms with Crippen molar-refractivity contribution in [2.75, 3.05) is 7.05 Å². The lowest BCUT2D eigenvalue weighted by Gasteiger charge is -2.19. The first-order valence-corrected chi connectivity index (χ1v) is 7.46. The highest BCUT2D eigenvalue weighted by Crippen LogP contribution is 2.26. The van der Waals surface area contributed by atoms with Crippen LogP contribution in [-0.4, -0.2) is 12.0 Å². The van der Waals surface area contributed by atoms with Crippen LogP contribution in [0.15, 0.2) is 36.5 Å². The molecule has 0 radical (unpaired) electrons. The lowest BCUT2D eigenvalue weighted by molar-refractivity contribution is 0.570. The van der Waals surface area contributed by atoms with Crippen molar-refractivity contribution in [3.05, 3.63) is 63.4 Å². The van der Waals surface area contributed by atoms with Gasteiger partial charge in [0.05, 0.1) is 11.7 Å². The summed E-state index contributed by atoms with van der Waals surface area (Å²) in [6, 6.07) is 9.78. The Labute approximate surface area is 130 Å². The summed E-state index contributed by atoms with van der Waals surface area (Å²) >= 11 is 12.3. The predicted octanol–water partition coefficient (Wildman–Crippen LogP) is 4.45. The van der Waals surface area contributed by atoms with Crippen LogP contribution in [0.25, 0.3) is 0 Å². The molecule has 2 aromatic rings. The third kappa shape index (κ3) is 3.51. The Hall–Kier alpha value is -1.09. The van der Waals surface area contributed by atoms with Gasteiger partial charge in [-0.15, -0.1) is 0 Å². The van der Waals surface area contributed by atoms with Crippen molar-refractivity contribution in [3.63, 3.8) is 0 Å². The quantitative estimate of drug-likeness (QED) is 0.882. The van der Waals surface area contributed by atoms with Crippen molar-refractivity contribution < 1.29 is 0 Å². The molecule has 1 heterocycles. The molecule has 1 unspecified atom stereocenters. The Morgan fingerprint density at radius 3 is 2.70 bits per heavy atom. The van der Waals surface area contributed by atoms with Gasteiger partial charge in [0.1, 0.15) is 0 Å². The zero-order chi connectivity index (χ0) is 14.5. The van der Waals surface area contributed by atoms with Gasteiger partial charge >= 0.3 is 0 Å². The first-order valence-electron chi connectivity index (χ1n) is 6.70. The first kappa shape index (κ1) is 15.3. The Kier molecular flexibility index (Phi) is 5.41. The number of benzene rings is 1. The highest BCUT2D eigenvalue weighted by molar-refractivity contribution is 6.33. The van der Waals surface area contributed by atoms with E-state index in [9.17, 15) is 0 Å². The maximum Gasteiger partial charge on any atom is 0.0608 e. The molecule has 106 valence electrons. The van der Waals surface area contributed by atoms with E-state index in [4.69, 9.17) is 23.2 Å². The van der Waals surface area contributed by atoms with E-state index >= 15 is 0 Å². The Balaban J connectivity index is 2.31. The summed E-state index contributed by atoms with van der Waals surface area (Å²) in [6.45, 7) is 2.14. The van der Waals surface area contributed by atoms with Crippen LogP contribution in [0.4, 0.5) is 0 Å². The fraction of sp³-hybridized carbons (Fsp3) is 0.312. The molecule has 0 aliphatic rings. The van der Waals surface area contributed by atoms with E-state index in [2.05, 4.69) is 23.3 Å². The Morgan fingerprint density at radius 2 is 2.00 bits per heavy atom. The van der Waals surface area contributed by atoms with E-state index in [1.54, 1.807) is 6.07 Å². The van der Waals surface area contributed by atoms with Crippen molar-refractivity contribution in [3.8, 4) is 0 Å². The van der Waals surface area contributed by atoms with Crippen LogP contribution in [0.2, 0.25) is 10.0 Å². The van der Waals surface area contributed by atoms with Crippen LogP contribution in [-0.2, 0) is 12.8 Å². The van der Waals surface area contributed by atoms with Gasteiger partial charge in [0.25, 0.3) is 0 Å². The molecule has 20 heavy (non-hydrogen) atoms. The Bertz CT molecular complexity index is 584. The number of nitrogens with zero attached hydrogens (tertiary/aromatic N) is 1. The average molecular weight is 309 g/mol. The topological polar surface area (TPSA) is 24.9 Å². The number of rotatable bonds is 5. The number of aromatic nitrogens is 1. The zero-order valence-electron chi connectivity index (χ0n) is 11.7. The Morgan fingerprint density at radius 1 is 1.20 bits per heavy atom. The summed E-state index contributed by atoms with van der Waals surface area (Å²) in [5.74, 6) is 0. The minimum atomic E-state index is 0.127. The van der Waals surface area contributed by atoms with E-state index in [0.717, 1.165) is 29.1 Å². The summed E-state index contributed by atoms with van der Waals surface area (Å²) in [4.78, 5) is 4.53. The normalized spacial score (nSPS) is 12.4. The van der Waals surface area contributed by atoms with Gasteiger partial charge in [0.15, 0.2) is 0 Å². The zero-order valence-corrected chi connectivity index (χ0v) is 13.2. The molecule has 0 fully saturated rings. The van der Waals surface area contributed by atoms with Crippen molar-refractivity contribution in [2.24, 2.45) is 0 Å². The number of halogens is 2. The van der Waals surface area contributed by atoms with E-state index in [1.165, 1.54) is 5.56 Å². The van der Waals surface area contributed by atoms with Gasteiger partial charge < -0.3 is 5.32 Å². The minimum Gasteiger partial charge on any atom is -0.311 e. The molecule has 4 heteroatoms. The molecule has 1 atom stereocenters. The van der Waals surface area contributed by atoms with Crippen LogP contribution in [0.3, 0.4) is 0 Å². The summed E-state index contributed by atoms with van der Waals surface area (Å²) in [6.07, 6.45) is 3.56. The lowest BCUT2D eigenvalue weighted by atomic mass is 9.98. The largest absolute Gasteiger partial charge is 0.311 e. The van der Waals surface area contributed by atoms with E-state index in [1.807, 2.05) is 31.4 Å². The maximum atomic E-state index is 6.25. The molecule has 0 amide bonds. The molecule has 1 aromatic carbocycles. The van der Waals surface area contributed by atoms with Crippen LogP contribution in [0.1, 0.15) is 29.8 Å². The molecule has 0 aliphatic heterocycles.